The Balaban J connectivity index is 2.43. The highest BCUT2D eigenvalue weighted by atomic mass is 19.1. The molecule has 0 aliphatic heterocycles. The molecule has 0 radical (unpaired) electrons. The predicted molar refractivity (Wildman–Crippen MR) is 74.9 cm³/mol. The van der Waals surface area contributed by atoms with E-state index in [9.17, 15) is 13.6 Å². The van der Waals surface area contributed by atoms with Gasteiger partial charge in [0.25, 0.3) is 0 Å². The van der Waals surface area contributed by atoms with Crippen molar-refractivity contribution < 1.29 is 13.6 Å². The van der Waals surface area contributed by atoms with Crippen molar-refractivity contribution in [2.45, 2.75) is 46.2 Å². The summed E-state index contributed by atoms with van der Waals surface area (Å²) < 4.78 is 26.1. The molecule has 0 fully saturated rings. The summed E-state index contributed by atoms with van der Waals surface area (Å²) in [5, 5.41) is 2.59. The Kier molecular flexibility index (Phi) is 5.62. The first kappa shape index (κ1) is 16.6. The molecule has 0 spiro atoms. The van der Waals surface area contributed by atoms with E-state index in [2.05, 4.69) is 26.1 Å². The molecule has 112 valence electrons. The molecule has 1 unspecified atom stereocenters. The van der Waals surface area contributed by atoms with Crippen LogP contribution in [0.5, 0.6) is 0 Å². The van der Waals surface area contributed by atoms with Crippen LogP contribution >= 0.6 is 0 Å². The lowest BCUT2D eigenvalue weighted by Crippen LogP contribution is -2.34. The second-order valence-corrected chi connectivity index (χ2v) is 6.24. The average Bonchev–Trinajstić information content (AvgIpc) is 2.24. The molecular weight excluding hydrogens is 262 g/mol. The first-order valence-corrected chi connectivity index (χ1v) is 6.63. The van der Waals surface area contributed by atoms with Crippen LogP contribution in [0.25, 0.3) is 0 Å². The second-order valence-electron chi connectivity index (χ2n) is 6.24. The molecule has 0 aliphatic rings. The van der Waals surface area contributed by atoms with Crippen LogP contribution in [0.1, 0.15) is 39.2 Å². The number of carbonyl (C=O) groups is 1. The van der Waals surface area contributed by atoms with Gasteiger partial charge in [-0.3, -0.25) is 4.79 Å². The molecule has 0 saturated heterocycles. The molecule has 1 aromatic rings. The maximum Gasteiger partial charge on any atom is 0.221 e. The van der Waals surface area contributed by atoms with Crippen molar-refractivity contribution in [1.82, 2.24) is 5.32 Å². The van der Waals surface area contributed by atoms with Crippen molar-refractivity contribution in [3.05, 3.63) is 35.4 Å². The van der Waals surface area contributed by atoms with Crippen molar-refractivity contribution in [2.75, 3.05) is 0 Å². The Morgan fingerprint density at radius 1 is 1.35 bits per heavy atom. The van der Waals surface area contributed by atoms with Gasteiger partial charge in [-0.25, -0.2) is 8.78 Å². The Morgan fingerprint density at radius 2 is 2.00 bits per heavy atom. The first-order valence-electron chi connectivity index (χ1n) is 6.63. The summed E-state index contributed by atoms with van der Waals surface area (Å²) in [6.45, 7) is 6.20. The smallest absolute Gasteiger partial charge is 0.221 e. The summed E-state index contributed by atoms with van der Waals surface area (Å²) in [7, 11) is 0. The Morgan fingerprint density at radius 3 is 2.55 bits per heavy atom. The Bertz CT molecular complexity index is 469. The largest absolute Gasteiger partial charge is 0.352 e. The van der Waals surface area contributed by atoms with E-state index in [-0.39, 0.29) is 35.9 Å². The van der Waals surface area contributed by atoms with Crippen LogP contribution in [0.4, 0.5) is 8.78 Å². The van der Waals surface area contributed by atoms with Crippen LogP contribution in [0.3, 0.4) is 0 Å². The number of hydrogen-bond acceptors (Lipinski definition) is 2. The summed E-state index contributed by atoms with van der Waals surface area (Å²) in [5.41, 5.74) is 6.21. The standard InChI is InChI=1S/C15H22F2N2O/c1-15(2,3)8-12(18)7-14(20)19-9-10-4-5-11(16)6-13(10)17/h4-6,12H,7-9,18H2,1-3H3,(H,19,20). The third-order valence-corrected chi connectivity index (χ3v) is 2.81. The monoisotopic (exact) mass is 284 g/mol. The van der Waals surface area contributed by atoms with E-state index in [4.69, 9.17) is 5.73 Å². The van der Waals surface area contributed by atoms with Gasteiger partial charge in [-0.1, -0.05) is 26.8 Å². The van der Waals surface area contributed by atoms with Gasteiger partial charge in [0.2, 0.25) is 5.91 Å². The number of benzene rings is 1. The minimum Gasteiger partial charge on any atom is -0.352 e. The number of nitrogens with one attached hydrogen (secondary N) is 1. The molecule has 3 nitrogen and oxygen atoms in total. The molecular formula is C15H22F2N2O. The topological polar surface area (TPSA) is 55.1 Å². The highest BCUT2D eigenvalue weighted by Gasteiger charge is 2.18. The molecule has 0 aliphatic carbocycles. The van der Waals surface area contributed by atoms with Gasteiger partial charge in [0.05, 0.1) is 0 Å². The molecule has 1 rings (SSSR count). The summed E-state index contributed by atoms with van der Waals surface area (Å²) in [6.07, 6.45) is 0.922. The van der Waals surface area contributed by atoms with Crippen molar-refractivity contribution in [2.24, 2.45) is 11.1 Å². The fourth-order valence-electron chi connectivity index (χ4n) is 2.03. The maximum atomic E-state index is 13.4. The number of rotatable bonds is 5. The number of hydrogen-bond donors (Lipinski definition) is 2. The van der Waals surface area contributed by atoms with Crippen molar-refractivity contribution in [3.63, 3.8) is 0 Å². The van der Waals surface area contributed by atoms with E-state index < -0.39 is 11.6 Å². The molecule has 1 aromatic carbocycles. The van der Waals surface area contributed by atoms with E-state index in [1.807, 2.05) is 0 Å². The van der Waals surface area contributed by atoms with Crippen LogP contribution in [0.2, 0.25) is 0 Å². The average molecular weight is 284 g/mol. The normalized spacial score (nSPS) is 13.1. The zero-order valence-electron chi connectivity index (χ0n) is 12.2. The quantitative estimate of drug-likeness (QED) is 0.873. The fraction of sp³-hybridized carbons (Fsp3) is 0.533. The molecule has 0 heterocycles. The third kappa shape index (κ3) is 6.10. The van der Waals surface area contributed by atoms with Gasteiger partial charge in [-0.05, 0) is 17.9 Å². The van der Waals surface area contributed by atoms with Crippen LogP contribution in [0.15, 0.2) is 18.2 Å². The molecule has 20 heavy (non-hydrogen) atoms. The van der Waals surface area contributed by atoms with Crippen LogP contribution in [-0.2, 0) is 11.3 Å². The number of amides is 1. The second kappa shape index (κ2) is 6.79. The zero-order valence-corrected chi connectivity index (χ0v) is 12.2. The number of halogens is 2. The Labute approximate surface area is 118 Å². The lowest BCUT2D eigenvalue weighted by Gasteiger charge is -2.22. The fourth-order valence-corrected chi connectivity index (χ4v) is 2.03. The van der Waals surface area contributed by atoms with Crippen molar-refractivity contribution >= 4 is 5.91 Å². The van der Waals surface area contributed by atoms with Crippen molar-refractivity contribution in [1.29, 1.82) is 0 Å². The first-order chi connectivity index (χ1) is 9.17. The predicted octanol–water partition coefficient (Wildman–Crippen LogP) is 2.73. The minimum absolute atomic E-state index is 0.0349. The summed E-state index contributed by atoms with van der Waals surface area (Å²) >= 11 is 0. The van der Waals surface area contributed by atoms with E-state index in [1.165, 1.54) is 6.07 Å². The van der Waals surface area contributed by atoms with Crippen LogP contribution in [0, 0.1) is 17.0 Å². The zero-order chi connectivity index (χ0) is 15.3. The van der Waals surface area contributed by atoms with E-state index >= 15 is 0 Å². The maximum absolute atomic E-state index is 13.4. The number of nitrogens with two attached hydrogens (primary N) is 1. The van der Waals surface area contributed by atoms with Crippen LogP contribution in [-0.4, -0.2) is 11.9 Å². The van der Waals surface area contributed by atoms with Crippen molar-refractivity contribution in [3.8, 4) is 0 Å². The van der Waals surface area contributed by atoms with Gasteiger partial charge in [-0.15, -0.1) is 0 Å². The minimum atomic E-state index is -0.663. The van der Waals surface area contributed by atoms with E-state index in [1.54, 1.807) is 0 Å². The van der Waals surface area contributed by atoms with Gasteiger partial charge >= 0.3 is 0 Å². The lowest BCUT2D eigenvalue weighted by molar-refractivity contribution is -0.121. The van der Waals surface area contributed by atoms with Gasteiger partial charge in [0.15, 0.2) is 0 Å². The molecule has 1 amide bonds. The molecule has 5 heteroatoms. The van der Waals surface area contributed by atoms with E-state index in [0.29, 0.717) is 0 Å². The molecule has 0 aromatic heterocycles. The highest BCUT2D eigenvalue weighted by Crippen LogP contribution is 2.21. The highest BCUT2D eigenvalue weighted by molar-refractivity contribution is 5.76. The Hall–Kier alpha value is -1.49. The van der Waals surface area contributed by atoms with Gasteiger partial charge in [0.1, 0.15) is 11.6 Å². The summed E-state index contributed by atoms with van der Waals surface area (Å²) in [5.74, 6) is -1.53. The third-order valence-electron chi connectivity index (χ3n) is 2.81. The summed E-state index contributed by atoms with van der Waals surface area (Å²) in [6, 6.07) is 3.05. The SMILES string of the molecule is CC(C)(C)CC(N)CC(=O)NCc1ccc(F)cc1F. The molecule has 0 saturated carbocycles. The van der Waals surface area contributed by atoms with Gasteiger partial charge in [0, 0.05) is 30.6 Å². The number of carbonyl (C=O) groups excluding carboxylic acids is 1. The van der Waals surface area contributed by atoms with E-state index in [0.717, 1.165) is 18.6 Å². The van der Waals surface area contributed by atoms with Gasteiger partial charge in [-0.2, -0.15) is 0 Å². The summed E-state index contributed by atoms with van der Waals surface area (Å²) in [4.78, 5) is 11.7. The molecule has 3 N–H and O–H groups in total. The van der Waals surface area contributed by atoms with Crippen LogP contribution < -0.4 is 11.1 Å². The molecule has 0 bridgehead atoms. The lowest BCUT2D eigenvalue weighted by atomic mass is 9.87. The molecule has 1 atom stereocenters. The van der Waals surface area contributed by atoms with Gasteiger partial charge < -0.3 is 11.1 Å².